The van der Waals surface area contributed by atoms with Gasteiger partial charge in [-0.3, -0.25) is 4.99 Å². The molecule has 0 aliphatic rings. The van der Waals surface area contributed by atoms with Crippen LogP contribution in [0, 0.1) is 0 Å². The van der Waals surface area contributed by atoms with Crippen LogP contribution in [0.2, 0.25) is 0 Å². The fraction of sp³-hybridized carbons (Fsp3) is 0.375. The quantitative estimate of drug-likeness (QED) is 0.403. The Hall–Kier alpha value is -0.850. The maximum atomic E-state index is 3.84. The second-order valence-electron chi connectivity index (χ2n) is 2.00. The summed E-state index contributed by atoms with van der Waals surface area (Å²) in [5.74, 6) is 0. The summed E-state index contributed by atoms with van der Waals surface area (Å²) in [6.07, 6.45) is 3.70. The second kappa shape index (κ2) is 4.07. The lowest BCUT2D eigenvalue weighted by Gasteiger charge is -2.02. The van der Waals surface area contributed by atoms with Gasteiger partial charge in [0.1, 0.15) is 0 Å². The van der Waals surface area contributed by atoms with E-state index in [0.29, 0.717) is 0 Å². The van der Waals surface area contributed by atoms with E-state index in [4.69, 9.17) is 0 Å². The van der Waals surface area contributed by atoms with E-state index in [2.05, 4.69) is 18.3 Å². The smallest absolute Gasteiger partial charge is 0.0674 e. The molecule has 0 fully saturated rings. The molecule has 0 saturated heterocycles. The summed E-state index contributed by atoms with van der Waals surface area (Å²) in [6.45, 7) is 11.0. The van der Waals surface area contributed by atoms with Crippen molar-refractivity contribution >= 4 is 6.72 Å². The molecule has 0 unspecified atom stereocenters. The van der Waals surface area contributed by atoms with Crippen molar-refractivity contribution in [1.29, 1.82) is 0 Å². The molecule has 0 heterocycles. The normalized spacial score (nSPS) is 14.7. The number of hydrogen-bond donors (Lipinski definition) is 0. The Balaban J connectivity index is 3.99. The van der Waals surface area contributed by atoms with Crippen molar-refractivity contribution in [2.24, 2.45) is 4.99 Å². The molecule has 0 aromatic rings. The summed E-state index contributed by atoms with van der Waals surface area (Å²) in [5, 5.41) is 0. The SMILES string of the molecule is C=C/C=C(\C)[C@@H](C)N=C. The molecule has 0 aliphatic carbocycles. The Bertz CT molecular complexity index is 134. The number of nitrogens with zero attached hydrogens (tertiary/aromatic N) is 1. The molecule has 0 rings (SSSR count). The minimum absolute atomic E-state index is 0.225. The monoisotopic (exact) mass is 123 g/mol. The van der Waals surface area contributed by atoms with Gasteiger partial charge in [-0.15, -0.1) is 0 Å². The molecular weight excluding hydrogens is 110 g/mol. The lowest BCUT2D eigenvalue weighted by Crippen LogP contribution is -1.97. The lowest BCUT2D eigenvalue weighted by atomic mass is 10.1. The van der Waals surface area contributed by atoms with Crippen molar-refractivity contribution in [3.63, 3.8) is 0 Å². The highest BCUT2D eigenvalue weighted by atomic mass is 14.7. The maximum Gasteiger partial charge on any atom is 0.0674 e. The Kier molecular flexibility index (Phi) is 3.69. The number of hydrogen-bond acceptors (Lipinski definition) is 1. The van der Waals surface area contributed by atoms with Gasteiger partial charge < -0.3 is 0 Å². The molecule has 1 heteroatoms. The van der Waals surface area contributed by atoms with Gasteiger partial charge in [-0.05, 0) is 26.1 Å². The van der Waals surface area contributed by atoms with Crippen molar-refractivity contribution < 1.29 is 0 Å². The van der Waals surface area contributed by atoms with E-state index in [1.807, 2.05) is 19.9 Å². The van der Waals surface area contributed by atoms with Gasteiger partial charge in [0.05, 0.1) is 6.04 Å². The Labute approximate surface area is 56.8 Å². The molecule has 0 aromatic heterocycles. The standard InChI is InChI=1S/C8H13N/c1-5-6-7(2)8(3)9-4/h5-6,8H,1,4H2,2-3H3/b7-6+/t8-/m1/s1. The number of aliphatic imine (C=N–C) groups is 1. The number of allylic oxidation sites excluding steroid dienone is 2. The van der Waals surface area contributed by atoms with Gasteiger partial charge in [0.25, 0.3) is 0 Å². The molecule has 1 atom stereocenters. The third-order valence-corrected chi connectivity index (χ3v) is 1.31. The second-order valence-corrected chi connectivity index (χ2v) is 2.00. The molecule has 9 heavy (non-hydrogen) atoms. The van der Waals surface area contributed by atoms with E-state index in [1.54, 1.807) is 6.08 Å². The zero-order valence-electron chi connectivity index (χ0n) is 6.09. The lowest BCUT2D eigenvalue weighted by molar-refractivity contribution is 0.871. The molecule has 0 aliphatic heterocycles. The first-order chi connectivity index (χ1) is 4.22. The molecule has 1 nitrogen and oxygen atoms in total. The maximum absolute atomic E-state index is 3.84. The Morgan fingerprint density at radius 3 is 2.56 bits per heavy atom. The van der Waals surface area contributed by atoms with Gasteiger partial charge in [-0.1, -0.05) is 18.7 Å². The van der Waals surface area contributed by atoms with Gasteiger partial charge in [0.15, 0.2) is 0 Å². The van der Waals surface area contributed by atoms with Crippen molar-refractivity contribution in [2.75, 3.05) is 0 Å². The van der Waals surface area contributed by atoms with E-state index >= 15 is 0 Å². The van der Waals surface area contributed by atoms with E-state index in [0.717, 1.165) is 0 Å². The molecule has 0 spiro atoms. The van der Waals surface area contributed by atoms with Crippen molar-refractivity contribution in [1.82, 2.24) is 0 Å². The first-order valence-corrected chi connectivity index (χ1v) is 2.97. The highest BCUT2D eigenvalue weighted by molar-refractivity contribution is 5.27. The molecule has 50 valence electrons. The molecule has 0 amide bonds. The van der Waals surface area contributed by atoms with E-state index < -0.39 is 0 Å². The fourth-order valence-corrected chi connectivity index (χ4v) is 0.469. The van der Waals surface area contributed by atoms with Crippen LogP contribution in [0.5, 0.6) is 0 Å². The third-order valence-electron chi connectivity index (χ3n) is 1.31. The van der Waals surface area contributed by atoms with Gasteiger partial charge >= 0.3 is 0 Å². The largest absolute Gasteiger partial charge is 0.293 e. The minimum atomic E-state index is 0.225. The Morgan fingerprint density at radius 2 is 2.22 bits per heavy atom. The molecule has 0 aromatic carbocycles. The predicted molar refractivity (Wildman–Crippen MR) is 43.0 cm³/mol. The van der Waals surface area contributed by atoms with Crippen LogP contribution < -0.4 is 0 Å². The molecule has 0 radical (unpaired) electrons. The number of rotatable bonds is 3. The van der Waals surface area contributed by atoms with Crippen LogP contribution in [0.3, 0.4) is 0 Å². The summed E-state index contributed by atoms with van der Waals surface area (Å²) in [5.41, 5.74) is 1.19. The molecule has 0 N–H and O–H groups in total. The summed E-state index contributed by atoms with van der Waals surface area (Å²) in [4.78, 5) is 3.84. The highest BCUT2D eigenvalue weighted by Crippen LogP contribution is 2.02. The van der Waals surface area contributed by atoms with Gasteiger partial charge in [-0.25, -0.2) is 0 Å². The van der Waals surface area contributed by atoms with Crippen molar-refractivity contribution in [3.8, 4) is 0 Å². The summed E-state index contributed by atoms with van der Waals surface area (Å²) in [6, 6.07) is 0.225. The van der Waals surface area contributed by atoms with Crippen LogP contribution in [0.15, 0.2) is 29.3 Å². The van der Waals surface area contributed by atoms with Crippen LogP contribution in [0.25, 0.3) is 0 Å². The van der Waals surface area contributed by atoms with Gasteiger partial charge in [0.2, 0.25) is 0 Å². The first kappa shape index (κ1) is 8.15. The first-order valence-electron chi connectivity index (χ1n) is 2.97. The van der Waals surface area contributed by atoms with E-state index in [1.165, 1.54) is 5.57 Å². The predicted octanol–water partition coefficient (Wildman–Crippen LogP) is 2.21. The molecular formula is C8H13N. The van der Waals surface area contributed by atoms with Crippen LogP contribution in [0.4, 0.5) is 0 Å². The molecule has 0 saturated carbocycles. The van der Waals surface area contributed by atoms with Crippen molar-refractivity contribution in [3.05, 3.63) is 24.3 Å². The summed E-state index contributed by atoms with van der Waals surface area (Å²) >= 11 is 0. The van der Waals surface area contributed by atoms with Gasteiger partial charge in [-0.2, -0.15) is 0 Å². The van der Waals surface area contributed by atoms with Crippen LogP contribution in [0.1, 0.15) is 13.8 Å². The Morgan fingerprint density at radius 1 is 1.67 bits per heavy atom. The van der Waals surface area contributed by atoms with Crippen LogP contribution >= 0.6 is 0 Å². The highest BCUT2D eigenvalue weighted by Gasteiger charge is 1.95. The topological polar surface area (TPSA) is 12.4 Å². The minimum Gasteiger partial charge on any atom is -0.293 e. The average molecular weight is 123 g/mol. The van der Waals surface area contributed by atoms with Crippen molar-refractivity contribution in [2.45, 2.75) is 19.9 Å². The van der Waals surface area contributed by atoms with E-state index in [-0.39, 0.29) is 6.04 Å². The van der Waals surface area contributed by atoms with E-state index in [9.17, 15) is 0 Å². The summed E-state index contributed by atoms with van der Waals surface area (Å²) in [7, 11) is 0. The van der Waals surface area contributed by atoms with Gasteiger partial charge in [0, 0.05) is 0 Å². The zero-order chi connectivity index (χ0) is 7.28. The zero-order valence-corrected chi connectivity index (χ0v) is 6.09. The average Bonchev–Trinajstić information content (AvgIpc) is 1.87. The third kappa shape index (κ3) is 2.85. The fourth-order valence-electron chi connectivity index (χ4n) is 0.469. The molecule has 0 bridgehead atoms. The van der Waals surface area contributed by atoms with Crippen LogP contribution in [-0.2, 0) is 0 Å². The van der Waals surface area contributed by atoms with Crippen LogP contribution in [-0.4, -0.2) is 12.8 Å². The summed E-state index contributed by atoms with van der Waals surface area (Å²) < 4.78 is 0.